The zero-order chi connectivity index (χ0) is 16.6. The molecule has 0 spiro atoms. The lowest BCUT2D eigenvalue weighted by Gasteiger charge is -2.13. The van der Waals surface area contributed by atoms with Crippen LogP contribution in [0.2, 0.25) is 0 Å². The highest BCUT2D eigenvalue weighted by Gasteiger charge is 2.16. The van der Waals surface area contributed by atoms with Crippen LogP contribution in [0, 0.1) is 0 Å². The zero-order valence-electron chi connectivity index (χ0n) is 13.3. The Bertz CT molecular complexity index is 600. The molecule has 0 aliphatic rings. The molecule has 124 valence electrons. The van der Waals surface area contributed by atoms with E-state index < -0.39 is 10.0 Å². The van der Waals surface area contributed by atoms with Crippen LogP contribution in [-0.4, -0.2) is 27.5 Å². The minimum atomic E-state index is -3.59. The third-order valence-electron chi connectivity index (χ3n) is 2.94. The molecule has 0 saturated carbocycles. The van der Waals surface area contributed by atoms with Gasteiger partial charge in [-0.2, -0.15) is 0 Å². The van der Waals surface area contributed by atoms with Crippen molar-refractivity contribution in [2.75, 3.05) is 18.5 Å². The molecule has 0 radical (unpaired) electrons. The van der Waals surface area contributed by atoms with Gasteiger partial charge >= 0.3 is 0 Å². The Hall–Kier alpha value is -1.60. The lowest BCUT2D eigenvalue weighted by atomic mass is 10.3. The highest BCUT2D eigenvalue weighted by molar-refractivity contribution is 7.89. The van der Waals surface area contributed by atoms with Crippen molar-refractivity contribution in [1.29, 1.82) is 0 Å². The van der Waals surface area contributed by atoms with Crippen LogP contribution in [0.15, 0.2) is 23.1 Å². The van der Waals surface area contributed by atoms with Crippen LogP contribution in [0.1, 0.15) is 40.0 Å². The van der Waals surface area contributed by atoms with Gasteiger partial charge < -0.3 is 10.1 Å². The number of benzene rings is 1. The normalized spacial score (nSPS) is 11.2. The van der Waals surface area contributed by atoms with Gasteiger partial charge in [-0.05, 0) is 31.5 Å². The number of rotatable bonds is 9. The van der Waals surface area contributed by atoms with Gasteiger partial charge in [-0.15, -0.1) is 0 Å². The first-order valence-corrected chi connectivity index (χ1v) is 8.93. The summed E-state index contributed by atoms with van der Waals surface area (Å²) in [5.41, 5.74) is 0.353. The highest BCUT2D eigenvalue weighted by atomic mass is 32.2. The van der Waals surface area contributed by atoms with Crippen LogP contribution >= 0.6 is 0 Å². The van der Waals surface area contributed by atoms with Gasteiger partial charge in [-0.25, -0.2) is 13.1 Å². The molecule has 2 N–H and O–H groups in total. The number of hydrogen-bond donors (Lipinski definition) is 2. The number of carbonyl (C=O) groups excluding carboxylic acids is 1. The van der Waals surface area contributed by atoms with E-state index in [4.69, 9.17) is 4.74 Å². The summed E-state index contributed by atoms with van der Waals surface area (Å²) in [5, 5.41) is 2.59. The van der Waals surface area contributed by atoms with Crippen molar-refractivity contribution in [2.45, 2.75) is 44.9 Å². The number of sulfonamides is 1. The van der Waals surface area contributed by atoms with E-state index in [-0.39, 0.29) is 10.8 Å². The molecule has 1 aromatic carbocycles. The zero-order valence-corrected chi connectivity index (χ0v) is 14.1. The summed E-state index contributed by atoms with van der Waals surface area (Å²) in [7, 11) is -3.59. The number of unbranched alkanes of at least 4 members (excludes halogenated alkanes) is 2. The number of carbonyl (C=O) groups is 1. The van der Waals surface area contributed by atoms with Crippen molar-refractivity contribution in [3.63, 3.8) is 0 Å². The molecule has 0 saturated heterocycles. The van der Waals surface area contributed by atoms with E-state index in [2.05, 4.69) is 17.0 Å². The van der Waals surface area contributed by atoms with Gasteiger partial charge in [0, 0.05) is 13.5 Å². The third-order valence-corrected chi connectivity index (χ3v) is 4.40. The molecule has 1 rings (SSSR count). The molecule has 0 aromatic heterocycles. The molecule has 0 fully saturated rings. The molecule has 0 aliphatic heterocycles. The lowest BCUT2D eigenvalue weighted by Crippen LogP contribution is -2.25. The Morgan fingerprint density at radius 3 is 2.55 bits per heavy atom. The summed E-state index contributed by atoms with van der Waals surface area (Å²) in [5.74, 6) is 0.161. The van der Waals surface area contributed by atoms with Gasteiger partial charge in [-0.3, -0.25) is 4.79 Å². The number of nitrogens with one attached hydrogen (secondary N) is 2. The van der Waals surface area contributed by atoms with Crippen LogP contribution in [0.25, 0.3) is 0 Å². The third kappa shape index (κ3) is 5.65. The number of ether oxygens (including phenoxy) is 1. The van der Waals surface area contributed by atoms with E-state index in [9.17, 15) is 13.2 Å². The highest BCUT2D eigenvalue weighted by Crippen LogP contribution is 2.27. The van der Waals surface area contributed by atoms with Gasteiger partial charge in [0.05, 0.1) is 17.2 Å². The van der Waals surface area contributed by atoms with Gasteiger partial charge in [0.15, 0.2) is 0 Å². The molecule has 0 unspecified atom stereocenters. The van der Waals surface area contributed by atoms with Crippen LogP contribution in [0.3, 0.4) is 0 Å². The van der Waals surface area contributed by atoms with Crippen LogP contribution < -0.4 is 14.8 Å². The summed E-state index contributed by atoms with van der Waals surface area (Å²) >= 11 is 0. The summed E-state index contributed by atoms with van der Waals surface area (Å²) in [6.07, 6.45) is 2.80. The van der Waals surface area contributed by atoms with Crippen molar-refractivity contribution in [3.8, 4) is 5.75 Å². The molecule has 0 aliphatic carbocycles. The van der Waals surface area contributed by atoms with Gasteiger partial charge in [0.25, 0.3) is 0 Å². The predicted octanol–water partition coefficient (Wildman–Crippen LogP) is 2.51. The van der Waals surface area contributed by atoms with E-state index in [0.717, 1.165) is 19.3 Å². The Balaban J connectivity index is 2.96. The molecule has 1 aromatic rings. The van der Waals surface area contributed by atoms with Crippen LogP contribution in [-0.2, 0) is 14.8 Å². The van der Waals surface area contributed by atoms with Gasteiger partial charge in [0.2, 0.25) is 15.9 Å². The van der Waals surface area contributed by atoms with Crippen molar-refractivity contribution in [1.82, 2.24) is 4.72 Å². The minimum Gasteiger partial charge on any atom is -0.492 e. The van der Waals surface area contributed by atoms with E-state index in [1.165, 1.54) is 19.1 Å². The first-order chi connectivity index (χ1) is 10.4. The van der Waals surface area contributed by atoms with Crippen LogP contribution in [0.5, 0.6) is 5.75 Å². The Kier molecular flexibility index (Phi) is 7.34. The van der Waals surface area contributed by atoms with E-state index >= 15 is 0 Å². The molecular formula is C15H24N2O4S. The smallest absolute Gasteiger partial charge is 0.240 e. The maximum atomic E-state index is 12.2. The molecule has 0 bridgehead atoms. The maximum Gasteiger partial charge on any atom is 0.240 e. The molecule has 1 amide bonds. The molecule has 0 atom stereocenters. The van der Waals surface area contributed by atoms with E-state index in [1.807, 2.05) is 6.92 Å². The van der Waals surface area contributed by atoms with E-state index in [1.54, 1.807) is 6.07 Å². The quantitative estimate of drug-likeness (QED) is 0.682. The van der Waals surface area contributed by atoms with Crippen molar-refractivity contribution in [2.24, 2.45) is 0 Å². The van der Waals surface area contributed by atoms with Crippen molar-refractivity contribution < 1.29 is 17.9 Å². The molecule has 22 heavy (non-hydrogen) atoms. The van der Waals surface area contributed by atoms with Crippen LogP contribution in [0.4, 0.5) is 5.69 Å². The monoisotopic (exact) mass is 328 g/mol. The Morgan fingerprint density at radius 1 is 1.23 bits per heavy atom. The average Bonchev–Trinajstić information content (AvgIpc) is 2.45. The second-order valence-corrected chi connectivity index (χ2v) is 6.64. The minimum absolute atomic E-state index is 0.108. The fourth-order valence-electron chi connectivity index (χ4n) is 1.91. The summed E-state index contributed by atoms with van der Waals surface area (Å²) < 4.78 is 32.4. The summed E-state index contributed by atoms with van der Waals surface area (Å²) in [6.45, 7) is 6.06. The Morgan fingerprint density at radius 2 is 1.95 bits per heavy atom. The largest absolute Gasteiger partial charge is 0.492 e. The van der Waals surface area contributed by atoms with Crippen molar-refractivity contribution >= 4 is 21.6 Å². The Labute approximate surface area is 132 Å². The predicted molar refractivity (Wildman–Crippen MR) is 86.6 cm³/mol. The number of anilines is 1. The fraction of sp³-hybridized carbons (Fsp3) is 0.533. The standard InChI is InChI=1S/C15H24N2O4S/c1-4-6-7-10-16-22(19,20)13-8-9-15(21-5-2)14(11-13)17-12(3)18/h8-9,11,16H,4-7,10H2,1-3H3,(H,17,18). The molecule has 7 heteroatoms. The summed E-state index contributed by atoms with van der Waals surface area (Å²) in [4.78, 5) is 11.4. The fourth-order valence-corrected chi connectivity index (χ4v) is 3.01. The van der Waals surface area contributed by atoms with Gasteiger partial charge in [-0.1, -0.05) is 19.8 Å². The number of hydrogen-bond acceptors (Lipinski definition) is 4. The van der Waals surface area contributed by atoms with Gasteiger partial charge in [0.1, 0.15) is 5.75 Å². The molecular weight excluding hydrogens is 304 g/mol. The van der Waals surface area contributed by atoms with Crippen molar-refractivity contribution in [3.05, 3.63) is 18.2 Å². The molecule has 6 nitrogen and oxygen atoms in total. The second-order valence-electron chi connectivity index (χ2n) is 4.88. The average molecular weight is 328 g/mol. The maximum absolute atomic E-state index is 12.2. The number of amides is 1. The first kappa shape index (κ1) is 18.4. The topological polar surface area (TPSA) is 84.5 Å². The SMILES string of the molecule is CCCCCNS(=O)(=O)c1ccc(OCC)c(NC(C)=O)c1. The first-order valence-electron chi connectivity index (χ1n) is 7.44. The second kappa shape index (κ2) is 8.75. The molecule has 0 heterocycles. The summed E-state index contributed by atoms with van der Waals surface area (Å²) in [6, 6.07) is 4.43. The lowest BCUT2D eigenvalue weighted by molar-refractivity contribution is -0.114. The van der Waals surface area contributed by atoms with E-state index in [0.29, 0.717) is 24.6 Å².